The van der Waals surface area contributed by atoms with Crippen LogP contribution in [0, 0.1) is 6.92 Å². The van der Waals surface area contributed by atoms with E-state index < -0.39 is 0 Å². The Labute approximate surface area is 148 Å². The van der Waals surface area contributed by atoms with Gasteiger partial charge in [0.2, 0.25) is 0 Å². The Morgan fingerprint density at radius 3 is 2.42 bits per heavy atom. The van der Waals surface area contributed by atoms with Crippen molar-refractivity contribution in [3.05, 3.63) is 28.8 Å². The number of rotatable bonds is 3. The molecule has 2 amide bonds. The molecule has 0 saturated carbocycles. The van der Waals surface area contributed by atoms with Gasteiger partial charge >= 0.3 is 6.03 Å². The molecule has 0 bridgehead atoms. The van der Waals surface area contributed by atoms with E-state index in [1.54, 1.807) is 4.90 Å². The molecule has 1 aromatic carbocycles. The van der Waals surface area contributed by atoms with E-state index in [9.17, 15) is 4.79 Å². The van der Waals surface area contributed by atoms with E-state index in [2.05, 4.69) is 4.90 Å². The van der Waals surface area contributed by atoms with E-state index in [-0.39, 0.29) is 12.1 Å². The van der Waals surface area contributed by atoms with Crippen LogP contribution in [0.15, 0.2) is 18.2 Å². The van der Waals surface area contributed by atoms with Crippen LogP contribution in [-0.4, -0.2) is 54.2 Å². The molecule has 5 nitrogen and oxygen atoms in total. The Bertz CT molecular complexity index is 580. The van der Waals surface area contributed by atoms with Crippen molar-refractivity contribution >= 4 is 17.6 Å². The summed E-state index contributed by atoms with van der Waals surface area (Å²) in [6.45, 7) is 5.70. The molecule has 2 N–H and O–H groups in total. The lowest BCUT2D eigenvalue weighted by molar-refractivity contribution is 0.0539. The van der Waals surface area contributed by atoms with Gasteiger partial charge in [-0.2, -0.15) is 0 Å². The molecule has 0 unspecified atom stereocenters. The first-order chi connectivity index (χ1) is 11.5. The highest BCUT2D eigenvalue weighted by atomic mass is 35.5. The second kappa shape index (κ2) is 7.62. The highest BCUT2D eigenvalue weighted by Gasteiger charge is 2.29. The highest BCUT2D eigenvalue weighted by molar-refractivity contribution is 6.30. The summed E-state index contributed by atoms with van der Waals surface area (Å²) >= 11 is 6.00. The molecule has 2 fully saturated rings. The molecule has 3 rings (SSSR count). The third-order valence-corrected chi connectivity index (χ3v) is 5.43. The van der Waals surface area contributed by atoms with Gasteiger partial charge in [-0.25, -0.2) is 4.79 Å². The average Bonchev–Trinajstić information content (AvgIpc) is 2.58. The first-order valence-corrected chi connectivity index (χ1v) is 9.12. The lowest BCUT2D eigenvalue weighted by Gasteiger charge is -2.41. The van der Waals surface area contributed by atoms with Gasteiger partial charge in [0.05, 0.1) is 0 Å². The minimum atomic E-state index is -0.293. The van der Waals surface area contributed by atoms with Gasteiger partial charge in [0.25, 0.3) is 0 Å². The van der Waals surface area contributed by atoms with E-state index in [1.807, 2.05) is 25.1 Å². The van der Waals surface area contributed by atoms with Gasteiger partial charge in [0.1, 0.15) is 11.9 Å². The lowest BCUT2D eigenvalue weighted by Crippen LogP contribution is -2.51. The monoisotopic (exact) mass is 351 g/mol. The van der Waals surface area contributed by atoms with E-state index in [0.29, 0.717) is 6.04 Å². The van der Waals surface area contributed by atoms with Crippen molar-refractivity contribution in [1.29, 1.82) is 0 Å². The maximum atomic E-state index is 11.2. The van der Waals surface area contributed by atoms with Gasteiger partial charge in [-0.15, -0.1) is 0 Å². The minimum Gasteiger partial charge on any atom is -0.490 e. The van der Waals surface area contributed by atoms with Gasteiger partial charge in [-0.05, 0) is 56.4 Å². The van der Waals surface area contributed by atoms with Crippen LogP contribution in [0.3, 0.4) is 0 Å². The van der Waals surface area contributed by atoms with Crippen LogP contribution >= 0.6 is 11.6 Å². The summed E-state index contributed by atoms with van der Waals surface area (Å²) in [5, 5.41) is 0.747. The maximum absolute atomic E-state index is 11.2. The van der Waals surface area contributed by atoms with Crippen molar-refractivity contribution in [1.82, 2.24) is 9.80 Å². The van der Waals surface area contributed by atoms with Crippen LogP contribution in [0.25, 0.3) is 0 Å². The summed E-state index contributed by atoms with van der Waals surface area (Å²) in [5.74, 6) is 0.938. The van der Waals surface area contributed by atoms with Gasteiger partial charge < -0.3 is 15.4 Å². The number of likely N-dealkylation sites (tertiary alicyclic amines) is 2. The Morgan fingerprint density at radius 1 is 1.17 bits per heavy atom. The zero-order valence-electron chi connectivity index (χ0n) is 14.2. The van der Waals surface area contributed by atoms with Crippen LogP contribution < -0.4 is 10.5 Å². The Hall–Kier alpha value is -1.46. The smallest absolute Gasteiger partial charge is 0.314 e. The van der Waals surface area contributed by atoms with Gasteiger partial charge in [0.15, 0.2) is 0 Å². The standard InChI is InChI=1S/C18H26ClN3O2/c1-13-12-14(19)2-3-17(13)24-16-6-10-21(11-7-16)15-4-8-22(9-5-15)18(20)23/h2-3,12,15-16H,4-11H2,1H3,(H2,20,23). The number of piperidine rings is 2. The van der Waals surface area contributed by atoms with Crippen LogP contribution in [0.1, 0.15) is 31.2 Å². The average molecular weight is 352 g/mol. The zero-order chi connectivity index (χ0) is 17.1. The fourth-order valence-corrected chi connectivity index (χ4v) is 3.96. The van der Waals surface area contributed by atoms with Crippen LogP contribution in [-0.2, 0) is 0 Å². The lowest BCUT2D eigenvalue weighted by atomic mass is 9.99. The molecule has 2 saturated heterocycles. The Kier molecular flexibility index (Phi) is 5.51. The minimum absolute atomic E-state index is 0.270. The quantitative estimate of drug-likeness (QED) is 0.910. The van der Waals surface area contributed by atoms with E-state index in [1.165, 1.54) is 0 Å². The maximum Gasteiger partial charge on any atom is 0.314 e. The second-order valence-electron chi connectivity index (χ2n) is 6.82. The molecule has 0 aliphatic carbocycles. The summed E-state index contributed by atoms with van der Waals surface area (Å²) in [4.78, 5) is 15.5. The van der Waals surface area contributed by atoms with Crippen LogP contribution in [0.2, 0.25) is 5.02 Å². The summed E-state index contributed by atoms with van der Waals surface area (Å²) in [6.07, 6.45) is 4.39. The number of primary amides is 1. The molecule has 2 heterocycles. The molecule has 2 aliphatic rings. The molecule has 6 heteroatoms. The molecule has 132 valence electrons. The van der Waals surface area contributed by atoms with Crippen molar-refractivity contribution < 1.29 is 9.53 Å². The number of hydrogen-bond acceptors (Lipinski definition) is 3. The number of carbonyl (C=O) groups is 1. The zero-order valence-corrected chi connectivity index (χ0v) is 15.0. The Morgan fingerprint density at radius 2 is 1.83 bits per heavy atom. The van der Waals surface area contributed by atoms with Crippen molar-refractivity contribution in [2.24, 2.45) is 5.73 Å². The van der Waals surface area contributed by atoms with E-state index in [4.69, 9.17) is 22.1 Å². The summed E-state index contributed by atoms with van der Waals surface area (Å²) in [6, 6.07) is 6.06. The third kappa shape index (κ3) is 4.14. The SMILES string of the molecule is Cc1cc(Cl)ccc1OC1CCN(C2CCN(C(N)=O)CC2)CC1. The molecule has 0 spiro atoms. The highest BCUT2D eigenvalue weighted by Crippen LogP contribution is 2.27. The Balaban J connectivity index is 1.47. The van der Waals surface area contributed by atoms with Crippen molar-refractivity contribution in [3.8, 4) is 5.75 Å². The van der Waals surface area contributed by atoms with E-state index in [0.717, 1.165) is 68.2 Å². The largest absolute Gasteiger partial charge is 0.490 e. The number of urea groups is 1. The van der Waals surface area contributed by atoms with Gasteiger partial charge in [-0.1, -0.05) is 11.6 Å². The number of ether oxygens (including phenoxy) is 1. The normalized spacial score (nSPS) is 21.0. The molecular formula is C18H26ClN3O2. The molecule has 0 radical (unpaired) electrons. The second-order valence-corrected chi connectivity index (χ2v) is 7.26. The molecule has 0 atom stereocenters. The third-order valence-electron chi connectivity index (χ3n) is 5.20. The number of hydrogen-bond donors (Lipinski definition) is 1. The summed E-state index contributed by atoms with van der Waals surface area (Å²) < 4.78 is 6.17. The molecule has 1 aromatic rings. The number of aryl methyl sites for hydroxylation is 1. The fourth-order valence-electron chi connectivity index (χ4n) is 3.73. The van der Waals surface area contributed by atoms with Crippen LogP contribution in [0.4, 0.5) is 4.79 Å². The van der Waals surface area contributed by atoms with E-state index >= 15 is 0 Å². The number of benzene rings is 1. The van der Waals surface area contributed by atoms with Gasteiger partial charge in [0, 0.05) is 37.2 Å². The van der Waals surface area contributed by atoms with Crippen molar-refractivity contribution in [3.63, 3.8) is 0 Å². The molecule has 0 aromatic heterocycles. The molecule has 2 aliphatic heterocycles. The number of halogens is 1. The molecular weight excluding hydrogens is 326 g/mol. The molecule has 24 heavy (non-hydrogen) atoms. The first-order valence-electron chi connectivity index (χ1n) is 8.74. The number of nitrogens with zero attached hydrogens (tertiary/aromatic N) is 2. The van der Waals surface area contributed by atoms with Crippen LogP contribution in [0.5, 0.6) is 5.75 Å². The summed E-state index contributed by atoms with van der Waals surface area (Å²) in [7, 11) is 0. The summed E-state index contributed by atoms with van der Waals surface area (Å²) in [5.41, 5.74) is 6.44. The topological polar surface area (TPSA) is 58.8 Å². The van der Waals surface area contributed by atoms with Crippen molar-refractivity contribution in [2.75, 3.05) is 26.2 Å². The van der Waals surface area contributed by atoms with Crippen molar-refractivity contribution in [2.45, 2.75) is 44.8 Å². The van der Waals surface area contributed by atoms with Gasteiger partial charge in [-0.3, -0.25) is 4.90 Å². The number of carbonyl (C=O) groups excluding carboxylic acids is 1. The predicted molar refractivity (Wildman–Crippen MR) is 95.6 cm³/mol. The first kappa shape index (κ1) is 17.4. The number of nitrogens with two attached hydrogens (primary N) is 1. The fraction of sp³-hybridized carbons (Fsp3) is 0.611. The number of amides is 2. The predicted octanol–water partition coefficient (Wildman–Crippen LogP) is 3.03.